The van der Waals surface area contributed by atoms with E-state index < -0.39 is 11.7 Å². The monoisotopic (exact) mass is 230 g/mol. The normalized spacial score (nSPS) is 10.6. The predicted molar refractivity (Wildman–Crippen MR) is 46.6 cm³/mol. The summed E-state index contributed by atoms with van der Waals surface area (Å²) in [5, 5.41) is 0. The molecule has 0 heterocycles. The van der Waals surface area contributed by atoms with Gasteiger partial charge < -0.3 is 0 Å². The van der Waals surface area contributed by atoms with Crippen LogP contribution in [-0.2, 0) is 6.18 Å². The Bertz CT molecular complexity index is 272. The maximum atomic E-state index is 12.0. The smallest absolute Gasteiger partial charge is 0.295 e. The van der Waals surface area contributed by atoms with E-state index in [9.17, 15) is 17.7 Å². The highest BCUT2D eigenvalue weighted by Gasteiger charge is 2.29. The van der Waals surface area contributed by atoms with Gasteiger partial charge in [0.05, 0.1) is 11.3 Å². The van der Waals surface area contributed by atoms with Gasteiger partial charge in [0.15, 0.2) is 0 Å². The molecule has 0 amide bonds. The number of halogens is 5. The molecular formula is C7H7ClF4N2. The molecule has 0 spiro atoms. The second-order valence-corrected chi connectivity index (χ2v) is 2.29. The third-order valence-electron chi connectivity index (χ3n) is 1.40. The van der Waals surface area contributed by atoms with Crippen molar-refractivity contribution in [1.82, 2.24) is 5.65 Å². The molecule has 0 aliphatic heterocycles. The van der Waals surface area contributed by atoms with Gasteiger partial charge in [-0.05, 0) is 24.3 Å². The Labute approximate surface area is 83.6 Å². The first-order valence-electron chi connectivity index (χ1n) is 3.33. The Morgan fingerprint density at radius 3 is 1.86 bits per heavy atom. The molecule has 1 aromatic carbocycles. The molecule has 80 valence electrons. The Kier molecular flexibility index (Phi) is 4.65. The van der Waals surface area contributed by atoms with Gasteiger partial charge in [-0.1, -0.05) is 5.65 Å². The molecule has 2 nitrogen and oxygen atoms in total. The Morgan fingerprint density at radius 1 is 1.00 bits per heavy atom. The van der Waals surface area contributed by atoms with Crippen LogP contribution in [0.5, 0.6) is 0 Å². The highest BCUT2D eigenvalue weighted by Crippen LogP contribution is 2.29. The minimum Gasteiger partial charge on any atom is -0.295 e. The van der Waals surface area contributed by atoms with E-state index in [-0.39, 0.29) is 18.1 Å². The molecule has 0 saturated carbocycles. The molecule has 0 radical (unpaired) electrons. The van der Waals surface area contributed by atoms with E-state index >= 15 is 0 Å². The minimum atomic E-state index is -4.36. The molecule has 1 aromatic rings. The highest BCUT2D eigenvalue weighted by molar-refractivity contribution is 5.85. The number of hydrazine groups is 1. The number of anilines is 1. The van der Waals surface area contributed by atoms with Crippen LogP contribution in [0.4, 0.5) is 23.3 Å². The molecule has 0 aliphatic carbocycles. The van der Waals surface area contributed by atoms with Gasteiger partial charge in [-0.2, -0.15) is 13.2 Å². The van der Waals surface area contributed by atoms with E-state index in [4.69, 9.17) is 0 Å². The third kappa shape index (κ3) is 3.39. The number of alkyl halides is 3. The van der Waals surface area contributed by atoms with Gasteiger partial charge in [0.1, 0.15) is 0 Å². The maximum Gasteiger partial charge on any atom is 0.416 e. The topological polar surface area (TPSA) is 24.1 Å². The lowest BCUT2D eigenvalue weighted by atomic mass is 10.2. The molecule has 14 heavy (non-hydrogen) atoms. The van der Waals surface area contributed by atoms with E-state index in [1.165, 1.54) is 0 Å². The third-order valence-corrected chi connectivity index (χ3v) is 1.40. The van der Waals surface area contributed by atoms with Crippen molar-refractivity contribution in [2.75, 3.05) is 5.43 Å². The van der Waals surface area contributed by atoms with Crippen molar-refractivity contribution in [3.05, 3.63) is 29.8 Å². The summed E-state index contributed by atoms with van der Waals surface area (Å²) in [4.78, 5) is 0. The van der Waals surface area contributed by atoms with E-state index in [0.29, 0.717) is 0 Å². The summed E-state index contributed by atoms with van der Waals surface area (Å²) in [7, 11) is 0. The molecule has 0 unspecified atom stereocenters. The van der Waals surface area contributed by atoms with Gasteiger partial charge in [0.25, 0.3) is 0 Å². The standard InChI is InChI=1S/C7H6F4N2.ClH/c8-7(9,10)5-1-3-6(4-2-5)12-13-11;/h1-4,12-13H;1H. The van der Waals surface area contributed by atoms with Crippen molar-refractivity contribution in [2.24, 2.45) is 0 Å². The van der Waals surface area contributed by atoms with Crippen LogP contribution in [0.15, 0.2) is 24.3 Å². The Balaban J connectivity index is 0.00000169. The van der Waals surface area contributed by atoms with Gasteiger partial charge in [-0.25, -0.2) is 0 Å². The van der Waals surface area contributed by atoms with Crippen molar-refractivity contribution >= 4 is 18.1 Å². The summed E-state index contributed by atoms with van der Waals surface area (Å²) in [6.45, 7) is 0. The van der Waals surface area contributed by atoms with Crippen LogP contribution in [0, 0.1) is 0 Å². The predicted octanol–water partition coefficient (Wildman–Crippen LogP) is 2.93. The van der Waals surface area contributed by atoms with Crippen LogP contribution in [0.25, 0.3) is 0 Å². The number of nitrogens with one attached hydrogen (secondary N) is 2. The molecule has 7 heteroatoms. The number of hydrogen-bond donors (Lipinski definition) is 2. The molecular weight excluding hydrogens is 224 g/mol. The van der Waals surface area contributed by atoms with Gasteiger partial charge in [0.2, 0.25) is 0 Å². The zero-order valence-electron chi connectivity index (χ0n) is 6.73. The number of rotatable bonds is 2. The summed E-state index contributed by atoms with van der Waals surface area (Å²) >= 11 is 0. The van der Waals surface area contributed by atoms with E-state index in [1.807, 2.05) is 5.43 Å². The number of hydrogen-bond acceptors (Lipinski definition) is 2. The fraction of sp³-hybridized carbons (Fsp3) is 0.143. The van der Waals surface area contributed by atoms with Crippen LogP contribution in [-0.4, -0.2) is 0 Å². The largest absolute Gasteiger partial charge is 0.416 e. The average Bonchev–Trinajstić information content (AvgIpc) is 2.04. The van der Waals surface area contributed by atoms with Crippen LogP contribution in [0.3, 0.4) is 0 Å². The molecule has 1 rings (SSSR count). The van der Waals surface area contributed by atoms with Crippen LogP contribution in [0.2, 0.25) is 0 Å². The van der Waals surface area contributed by atoms with Crippen molar-refractivity contribution in [1.29, 1.82) is 0 Å². The van der Waals surface area contributed by atoms with Crippen molar-refractivity contribution in [2.45, 2.75) is 6.18 Å². The molecule has 0 aliphatic rings. The van der Waals surface area contributed by atoms with Crippen molar-refractivity contribution in [3.8, 4) is 0 Å². The minimum absolute atomic E-state index is 0. The lowest BCUT2D eigenvalue weighted by Crippen LogP contribution is -2.10. The second-order valence-electron chi connectivity index (χ2n) is 2.29. The van der Waals surface area contributed by atoms with Crippen LogP contribution >= 0.6 is 12.4 Å². The Hall–Kier alpha value is -1.01. The van der Waals surface area contributed by atoms with Gasteiger partial charge in [-0.3, -0.25) is 5.43 Å². The molecule has 0 bridgehead atoms. The molecule has 0 saturated heterocycles. The summed E-state index contributed by atoms with van der Waals surface area (Å²) in [5.74, 6) is 0. The average molecular weight is 231 g/mol. The van der Waals surface area contributed by atoms with Crippen molar-refractivity contribution in [3.63, 3.8) is 0 Å². The summed E-state index contributed by atoms with van der Waals surface area (Å²) in [6, 6.07) is 3.96. The number of benzene rings is 1. The quantitative estimate of drug-likeness (QED) is 0.464. The summed E-state index contributed by atoms with van der Waals surface area (Å²) in [6.07, 6.45) is -4.36. The van der Waals surface area contributed by atoms with Crippen LogP contribution < -0.4 is 11.1 Å². The molecule has 0 atom stereocenters. The van der Waals surface area contributed by atoms with Gasteiger partial charge in [-0.15, -0.1) is 16.9 Å². The van der Waals surface area contributed by atoms with Gasteiger partial charge >= 0.3 is 6.18 Å². The highest BCUT2D eigenvalue weighted by atomic mass is 35.5. The van der Waals surface area contributed by atoms with E-state index in [2.05, 4.69) is 0 Å². The SMILES string of the molecule is Cl.FNNc1ccc(C(F)(F)F)cc1. The van der Waals surface area contributed by atoms with E-state index in [1.54, 1.807) is 0 Å². The zero-order valence-corrected chi connectivity index (χ0v) is 7.55. The Morgan fingerprint density at radius 2 is 1.50 bits per heavy atom. The van der Waals surface area contributed by atoms with Gasteiger partial charge in [0, 0.05) is 0 Å². The summed E-state index contributed by atoms with van der Waals surface area (Å²) in [5.41, 5.74) is 2.56. The molecule has 0 fully saturated rings. The zero-order chi connectivity index (χ0) is 9.90. The first kappa shape index (κ1) is 13.0. The van der Waals surface area contributed by atoms with E-state index in [0.717, 1.165) is 29.9 Å². The molecule has 0 aromatic heterocycles. The fourth-order valence-electron chi connectivity index (χ4n) is 0.797. The molecule has 2 N–H and O–H groups in total. The summed E-state index contributed by atoms with van der Waals surface area (Å²) < 4.78 is 47.4. The van der Waals surface area contributed by atoms with Crippen molar-refractivity contribution < 1.29 is 17.7 Å². The lowest BCUT2D eigenvalue weighted by molar-refractivity contribution is -0.137. The van der Waals surface area contributed by atoms with Crippen LogP contribution in [0.1, 0.15) is 5.56 Å². The first-order chi connectivity index (χ1) is 6.04. The first-order valence-corrected chi connectivity index (χ1v) is 3.33. The maximum absolute atomic E-state index is 12.0. The lowest BCUT2D eigenvalue weighted by Gasteiger charge is -2.07. The fourth-order valence-corrected chi connectivity index (χ4v) is 0.797. The second kappa shape index (κ2) is 5.02.